The van der Waals surface area contributed by atoms with Gasteiger partial charge in [0.2, 0.25) is 5.89 Å². The highest BCUT2D eigenvalue weighted by molar-refractivity contribution is 5.98. The lowest BCUT2D eigenvalue weighted by Crippen LogP contribution is -2.05. The number of hydrogen-bond acceptors (Lipinski definition) is 6. The molecule has 0 spiro atoms. The number of benzene rings is 2. The highest BCUT2D eigenvalue weighted by Crippen LogP contribution is 2.32. The maximum Gasteiger partial charge on any atom is 0.226 e. The normalized spacial score (nSPS) is 10.6. The van der Waals surface area contributed by atoms with E-state index in [1.807, 2.05) is 50.2 Å². The Bertz CT molecular complexity index is 979. The molecule has 0 atom stereocenters. The lowest BCUT2D eigenvalue weighted by Gasteiger charge is -2.10. The third-order valence-electron chi connectivity index (χ3n) is 4.52. The smallest absolute Gasteiger partial charge is 0.226 e. The lowest BCUT2D eigenvalue weighted by atomic mass is 10.0. The number of aromatic nitrogens is 1. The third-order valence-corrected chi connectivity index (χ3v) is 4.52. The zero-order valence-corrected chi connectivity index (χ0v) is 17.6. The van der Waals surface area contributed by atoms with Gasteiger partial charge in [0.15, 0.2) is 17.3 Å². The number of para-hydroxylation sites is 1. The number of Topliss-reactive ketones (excluding diaryl/α,β-unsaturated/α-hetero) is 1. The summed E-state index contributed by atoms with van der Waals surface area (Å²) in [5, 5.41) is 0. The van der Waals surface area contributed by atoms with Gasteiger partial charge in [-0.25, -0.2) is 4.98 Å². The summed E-state index contributed by atoms with van der Waals surface area (Å²) in [4.78, 5) is 17.2. The Morgan fingerprint density at radius 1 is 1.03 bits per heavy atom. The van der Waals surface area contributed by atoms with Gasteiger partial charge >= 0.3 is 0 Å². The van der Waals surface area contributed by atoms with Crippen LogP contribution in [-0.2, 0) is 6.42 Å². The molecule has 0 radical (unpaired) electrons. The molecule has 3 aromatic rings. The molecule has 6 heteroatoms. The van der Waals surface area contributed by atoms with Crippen LogP contribution in [0.3, 0.4) is 0 Å². The Balaban J connectivity index is 1.69. The molecule has 3 rings (SSSR count). The molecule has 0 aliphatic rings. The fraction of sp³-hybridized carbons (Fsp3) is 0.333. The second kappa shape index (κ2) is 10.5. The van der Waals surface area contributed by atoms with E-state index in [4.69, 9.17) is 18.6 Å². The zero-order chi connectivity index (χ0) is 21.3. The second-order valence-corrected chi connectivity index (χ2v) is 6.71. The van der Waals surface area contributed by atoms with Crippen molar-refractivity contribution in [3.8, 4) is 28.7 Å². The number of ketones is 1. The van der Waals surface area contributed by atoms with Crippen molar-refractivity contribution in [2.45, 2.75) is 33.1 Å². The SMILES string of the molecule is CCCOc1cc(-c2nc(CCC(=O)c3ccccc3OCC)co2)ccc1OC. The fourth-order valence-corrected chi connectivity index (χ4v) is 3.04. The van der Waals surface area contributed by atoms with Gasteiger partial charge in [-0.15, -0.1) is 0 Å². The van der Waals surface area contributed by atoms with E-state index >= 15 is 0 Å². The summed E-state index contributed by atoms with van der Waals surface area (Å²) in [7, 11) is 1.61. The van der Waals surface area contributed by atoms with E-state index in [2.05, 4.69) is 4.98 Å². The van der Waals surface area contributed by atoms with Crippen LogP contribution < -0.4 is 14.2 Å². The number of oxazole rings is 1. The Labute approximate surface area is 176 Å². The van der Waals surface area contributed by atoms with Gasteiger partial charge < -0.3 is 18.6 Å². The number of carbonyl (C=O) groups is 1. The van der Waals surface area contributed by atoms with Crippen LogP contribution in [-0.4, -0.2) is 31.1 Å². The molecule has 6 nitrogen and oxygen atoms in total. The van der Waals surface area contributed by atoms with Crippen molar-refractivity contribution < 1.29 is 23.4 Å². The number of carbonyl (C=O) groups excluding carboxylic acids is 1. The minimum atomic E-state index is 0.0169. The monoisotopic (exact) mass is 409 g/mol. The number of methoxy groups -OCH3 is 1. The molecule has 0 aliphatic carbocycles. The minimum Gasteiger partial charge on any atom is -0.493 e. The van der Waals surface area contributed by atoms with Crippen molar-refractivity contribution in [1.82, 2.24) is 4.98 Å². The van der Waals surface area contributed by atoms with Crippen molar-refractivity contribution in [3.63, 3.8) is 0 Å². The highest BCUT2D eigenvalue weighted by Gasteiger charge is 2.15. The molecule has 0 saturated carbocycles. The van der Waals surface area contributed by atoms with E-state index in [9.17, 15) is 4.79 Å². The molecule has 0 fully saturated rings. The van der Waals surface area contributed by atoms with Gasteiger partial charge in [-0.1, -0.05) is 19.1 Å². The molecular weight excluding hydrogens is 382 g/mol. The molecule has 1 aromatic heterocycles. The highest BCUT2D eigenvalue weighted by atomic mass is 16.5. The first-order valence-electron chi connectivity index (χ1n) is 10.2. The van der Waals surface area contributed by atoms with Gasteiger partial charge in [0, 0.05) is 18.4 Å². The first kappa shape index (κ1) is 21.4. The second-order valence-electron chi connectivity index (χ2n) is 6.71. The Hall–Kier alpha value is -3.28. The predicted molar refractivity (Wildman–Crippen MR) is 115 cm³/mol. The number of aryl methyl sites for hydroxylation is 1. The van der Waals surface area contributed by atoms with Crippen molar-refractivity contribution in [1.29, 1.82) is 0 Å². The summed E-state index contributed by atoms with van der Waals surface area (Å²) in [6, 6.07) is 12.9. The Morgan fingerprint density at radius 2 is 1.87 bits per heavy atom. The van der Waals surface area contributed by atoms with Gasteiger partial charge in [-0.3, -0.25) is 4.79 Å². The molecule has 158 valence electrons. The van der Waals surface area contributed by atoms with Crippen LogP contribution in [0, 0.1) is 0 Å². The number of rotatable bonds is 11. The summed E-state index contributed by atoms with van der Waals surface area (Å²) in [6.45, 7) is 5.06. The van der Waals surface area contributed by atoms with Crippen LogP contribution in [0.15, 0.2) is 53.1 Å². The third kappa shape index (κ3) is 5.20. The van der Waals surface area contributed by atoms with E-state index in [1.54, 1.807) is 19.4 Å². The summed E-state index contributed by atoms with van der Waals surface area (Å²) in [6.07, 6.45) is 3.30. The number of nitrogens with zero attached hydrogens (tertiary/aromatic N) is 1. The zero-order valence-electron chi connectivity index (χ0n) is 17.6. The summed E-state index contributed by atoms with van der Waals surface area (Å²) < 4.78 is 22.3. The van der Waals surface area contributed by atoms with E-state index in [0.29, 0.717) is 54.8 Å². The molecule has 0 aliphatic heterocycles. The molecule has 30 heavy (non-hydrogen) atoms. The van der Waals surface area contributed by atoms with Crippen LogP contribution in [0.5, 0.6) is 17.2 Å². The van der Waals surface area contributed by atoms with Crippen LogP contribution in [0.1, 0.15) is 42.7 Å². The summed E-state index contributed by atoms with van der Waals surface area (Å²) in [5.41, 5.74) is 2.11. The quantitative estimate of drug-likeness (QED) is 0.397. The van der Waals surface area contributed by atoms with E-state index in [-0.39, 0.29) is 5.78 Å². The Kier molecular flexibility index (Phi) is 7.49. The average molecular weight is 409 g/mol. The minimum absolute atomic E-state index is 0.0169. The van der Waals surface area contributed by atoms with Crippen molar-refractivity contribution >= 4 is 5.78 Å². The summed E-state index contributed by atoms with van der Waals surface area (Å²) >= 11 is 0. The summed E-state index contributed by atoms with van der Waals surface area (Å²) in [5.74, 6) is 2.43. The van der Waals surface area contributed by atoms with E-state index in [0.717, 1.165) is 17.7 Å². The molecular formula is C24H27NO5. The molecule has 0 bridgehead atoms. The van der Waals surface area contributed by atoms with Crippen LogP contribution in [0.2, 0.25) is 0 Å². The van der Waals surface area contributed by atoms with Crippen LogP contribution >= 0.6 is 0 Å². The molecule has 1 heterocycles. The first-order chi connectivity index (χ1) is 14.7. The molecule has 0 N–H and O–H groups in total. The van der Waals surface area contributed by atoms with Gasteiger partial charge in [-0.05, 0) is 43.7 Å². The first-order valence-corrected chi connectivity index (χ1v) is 10.2. The van der Waals surface area contributed by atoms with Gasteiger partial charge in [-0.2, -0.15) is 0 Å². The molecule has 0 saturated heterocycles. The van der Waals surface area contributed by atoms with Crippen molar-refractivity contribution in [2.24, 2.45) is 0 Å². The van der Waals surface area contributed by atoms with E-state index < -0.39 is 0 Å². The van der Waals surface area contributed by atoms with Gasteiger partial charge in [0.05, 0.1) is 31.6 Å². The molecule has 0 unspecified atom stereocenters. The number of hydrogen-bond donors (Lipinski definition) is 0. The van der Waals surface area contributed by atoms with E-state index in [1.165, 1.54) is 0 Å². The van der Waals surface area contributed by atoms with Crippen molar-refractivity contribution in [2.75, 3.05) is 20.3 Å². The number of ether oxygens (including phenoxy) is 3. The van der Waals surface area contributed by atoms with Crippen LogP contribution in [0.4, 0.5) is 0 Å². The molecule has 0 amide bonds. The predicted octanol–water partition coefficient (Wildman–Crippen LogP) is 5.35. The molecule has 2 aromatic carbocycles. The maximum absolute atomic E-state index is 12.6. The average Bonchev–Trinajstić information content (AvgIpc) is 3.25. The lowest BCUT2D eigenvalue weighted by molar-refractivity contribution is 0.0979. The Morgan fingerprint density at radius 3 is 2.63 bits per heavy atom. The largest absolute Gasteiger partial charge is 0.493 e. The maximum atomic E-state index is 12.6. The van der Waals surface area contributed by atoms with Crippen LogP contribution in [0.25, 0.3) is 11.5 Å². The fourth-order valence-electron chi connectivity index (χ4n) is 3.04. The van der Waals surface area contributed by atoms with Gasteiger partial charge in [0.1, 0.15) is 12.0 Å². The van der Waals surface area contributed by atoms with Gasteiger partial charge in [0.25, 0.3) is 0 Å². The standard InChI is InChI=1S/C24H27NO5/c1-4-14-29-23-15-17(10-13-22(23)27-3)24-25-18(16-30-24)11-12-20(26)19-8-6-7-9-21(19)28-5-2/h6-10,13,15-16H,4-5,11-12,14H2,1-3H3. The van der Waals surface area contributed by atoms with Crippen molar-refractivity contribution in [3.05, 3.63) is 60.0 Å². The topological polar surface area (TPSA) is 70.8 Å².